The van der Waals surface area contributed by atoms with E-state index in [-0.39, 0.29) is 17.8 Å². The average molecular weight is 399 g/mol. The number of rotatable bonds is 6. The largest absolute Gasteiger partial charge is 0.351 e. The molecule has 1 unspecified atom stereocenters. The Morgan fingerprint density at radius 3 is 2.86 bits per heavy atom. The van der Waals surface area contributed by atoms with Crippen molar-refractivity contribution >= 4 is 27.5 Å². The first kappa shape index (κ1) is 19.0. The van der Waals surface area contributed by atoms with E-state index in [9.17, 15) is 9.18 Å². The SMILES string of the molecule is O=C(C[NH+]1CCCC[C@@H]1c1nc2ccccc2s1)NCCc1ccccc1F. The van der Waals surface area contributed by atoms with E-state index in [1.807, 2.05) is 24.3 Å². The molecule has 0 bridgehead atoms. The Kier molecular flexibility index (Phi) is 5.98. The van der Waals surface area contributed by atoms with Gasteiger partial charge in [-0.3, -0.25) is 4.79 Å². The molecular formula is C22H25FN3OS+. The van der Waals surface area contributed by atoms with Crippen LogP contribution in [0.5, 0.6) is 0 Å². The van der Waals surface area contributed by atoms with Gasteiger partial charge in [-0.05, 0) is 43.0 Å². The van der Waals surface area contributed by atoms with Crippen molar-refractivity contribution in [3.8, 4) is 0 Å². The number of aromatic nitrogens is 1. The highest BCUT2D eigenvalue weighted by atomic mass is 32.1. The van der Waals surface area contributed by atoms with Crippen LogP contribution in [0.15, 0.2) is 48.5 Å². The van der Waals surface area contributed by atoms with Gasteiger partial charge in [0.05, 0.1) is 16.8 Å². The number of fused-ring (bicyclic) bond motifs is 1. The topological polar surface area (TPSA) is 46.4 Å². The molecule has 4 nitrogen and oxygen atoms in total. The molecule has 2 N–H and O–H groups in total. The van der Waals surface area contributed by atoms with Gasteiger partial charge in [0.15, 0.2) is 11.6 Å². The van der Waals surface area contributed by atoms with Crippen LogP contribution >= 0.6 is 11.3 Å². The lowest BCUT2D eigenvalue weighted by molar-refractivity contribution is -0.929. The molecule has 1 fully saturated rings. The van der Waals surface area contributed by atoms with E-state index in [0.717, 1.165) is 29.9 Å². The molecule has 1 saturated heterocycles. The number of hydrogen-bond acceptors (Lipinski definition) is 3. The lowest BCUT2D eigenvalue weighted by Gasteiger charge is -2.30. The maximum Gasteiger partial charge on any atom is 0.275 e. The van der Waals surface area contributed by atoms with E-state index in [0.29, 0.717) is 25.1 Å². The molecule has 1 amide bonds. The van der Waals surface area contributed by atoms with E-state index in [1.54, 1.807) is 23.5 Å². The van der Waals surface area contributed by atoms with E-state index in [4.69, 9.17) is 4.98 Å². The number of likely N-dealkylation sites (tertiary alicyclic amines) is 1. The molecule has 2 aromatic carbocycles. The lowest BCUT2D eigenvalue weighted by Crippen LogP contribution is -3.14. The number of benzene rings is 2. The van der Waals surface area contributed by atoms with Gasteiger partial charge in [0, 0.05) is 13.0 Å². The van der Waals surface area contributed by atoms with Crippen LogP contribution in [-0.4, -0.2) is 30.5 Å². The Hall–Kier alpha value is -2.31. The highest BCUT2D eigenvalue weighted by molar-refractivity contribution is 7.18. The zero-order valence-electron chi connectivity index (χ0n) is 15.8. The van der Waals surface area contributed by atoms with E-state index in [2.05, 4.69) is 11.4 Å². The number of carbonyl (C=O) groups is 1. The van der Waals surface area contributed by atoms with Gasteiger partial charge >= 0.3 is 0 Å². The van der Waals surface area contributed by atoms with Crippen LogP contribution in [-0.2, 0) is 11.2 Å². The number of quaternary nitrogens is 1. The standard InChI is InChI=1S/C22H24FN3OS/c23-17-8-2-1-7-16(17)12-13-24-21(27)15-26-14-6-5-10-19(26)22-25-18-9-3-4-11-20(18)28-22/h1-4,7-9,11,19H,5-6,10,12-15H2,(H,24,27)/p+1/t19-/m1/s1. The molecule has 3 aromatic rings. The van der Waals surface area contributed by atoms with Crippen LogP contribution in [0.25, 0.3) is 10.2 Å². The molecule has 1 aliphatic rings. The van der Waals surface area contributed by atoms with Gasteiger partial charge in [0.25, 0.3) is 5.91 Å². The molecule has 1 aliphatic heterocycles. The summed E-state index contributed by atoms with van der Waals surface area (Å²) in [5.41, 5.74) is 1.68. The smallest absolute Gasteiger partial charge is 0.275 e. The van der Waals surface area contributed by atoms with Crippen LogP contribution in [0.1, 0.15) is 35.9 Å². The van der Waals surface area contributed by atoms with Gasteiger partial charge < -0.3 is 10.2 Å². The predicted molar refractivity (Wildman–Crippen MR) is 110 cm³/mol. The molecule has 4 rings (SSSR count). The molecule has 2 heterocycles. The first-order valence-electron chi connectivity index (χ1n) is 9.91. The van der Waals surface area contributed by atoms with Crippen LogP contribution in [0.2, 0.25) is 0 Å². The maximum absolute atomic E-state index is 13.7. The fourth-order valence-corrected chi connectivity index (χ4v) is 5.10. The summed E-state index contributed by atoms with van der Waals surface area (Å²) in [5.74, 6) is -0.186. The van der Waals surface area contributed by atoms with E-state index in [1.165, 1.54) is 22.1 Å². The molecule has 0 saturated carbocycles. The lowest BCUT2D eigenvalue weighted by atomic mass is 10.0. The molecule has 1 aromatic heterocycles. The summed E-state index contributed by atoms with van der Waals surface area (Å²) >= 11 is 1.75. The number of amides is 1. The fraction of sp³-hybridized carbons (Fsp3) is 0.364. The minimum atomic E-state index is -0.214. The Bertz CT molecular complexity index is 925. The summed E-state index contributed by atoms with van der Waals surface area (Å²) in [4.78, 5) is 18.6. The van der Waals surface area contributed by atoms with Gasteiger partial charge in [-0.25, -0.2) is 9.37 Å². The molecule has 2 atom stereocenters. The van der Waals surface area contributed by atoms with Gasteiger partial charge in [-0.1, -0.05) is 30.3 Å². The third-order valence-corrected chi connectivity index (χ3v) is 6.55. The van der Waals surface area contributed by atoms with Gasteiger partial charge in [0.2, 0.25) is 0 Å². The van der Waals surface area contributed by atoms with Crippen molar-refractivity contribution in [1.29, 1.82) is 0 Å². The van der Waals surface area contributed by atoms with E-state index >= 15 is 0 Å². The number of hydrogen-bond donors (Lipinski definition) is 2. The molecule has 0 aliphatic carbocycles. The second-order valence-corrected chi connectivity index (χ2v) is 8.41. The van der Waals surface area contributed by atoms with Gasteiger partial charge in [0.1, 0.15) is 11.9 Å². The van der Waals surface area contributed by atoms with Crippen LogP contribution in [0.4, 0.5) is 4.39 Å². The number of carbonyl (C=O) groups excluding carboxylic acids is 1. The van der Waals surface area contributed by atoms with Crippen molar-refractivity contribution in [2.45, 2.75) is 31.7 Å². The van der Waals surface area contributed by atoms with Crippen molar-refractivity contribution in [2.75, 3.05) is 19.6 Å². The third kappa shape index (κ3) is 4.39. The van der Waals surface area contributed by atoms with Crippen molar-refractivity contribution in [3.63, 3.8) is 0 Å². The molecular weight excluding hydrogens is 373 g/mol. The monoisotopic (exact) mass is 398 g/mol. The summed E-state index contributed by atoms with van der Waals surface area (Å²) in [7, 11) is 0. The Labute approximate surface area is 168 Å². The Morgan fingerprint density at radius 1 is 1.18 bits per heavy atom. The van der Waals surface area contributed by atoms with Gasteiger partial charge in [-0.15, -0.1) is 11.3 Å². The maximum atomic E-state index is 13.7. The number of halogens is 1. The van der Waals surface area contributed by atoms with Crippen molar-refractivity contribution in [2.24, 2.45) is 0 Å². The quantitative estimate of drug-likeness (QED) is 0.671. The molecule has 0 radical (unpaired) electrons. The molecule has 146 valence electrons. The highest BCUT2D eigenvalue weighted by Crippen LogP contribution is 2.28. The normalized spacial score (nSPS) is 19.6. The highest BCUT2D eigenvalue weighted by Gasteiger charge is 2.31. The van der Waals surface area contributed by atoms with Gasteiger partial charge in [-0.2, -0.15) is 0 Å². The van der Waals surface area contributed by atoms with Crippen molar-refractivity contribution in [1.82, 2.24) is 10.3 Å². The minimum absolute atomic E-state index is 0.0272. The van der Waals surface area contributed by atoms with Crippen molar-refractivity contribution in [3.05, 3.63) is 64.9 Å². The third-order valence-electron chi connectivity index (χ3n) is 5.40. The fourth-order valence-electron chi connectivity index (χ4n) is 3.93. The summed E-state index contributed by atoms with van der Waals surface area (Å²) in [6.07, 6.45) is 3.89. The summed E-state index contributed by atoms with van der Waals surface area (Å²) in [6, 6.07) is 15.2. The summed E-state index contributed by atoms with van der Waals surface area (Å²) in [6.45, 7) is 1.89. The van der Waals surface area contributed by atoms with Crippen LogP contribution in [0, 0.1) is 5.82 Å². The predicted octanol–water partition coefficient (Wildman–Crippen LogP) is 2.90. The second-order valence-electron chi connectivity index (χ2n) is 7.34. The molecule has 6 heteroatoms. The second kappa shape index (κ2) is 8.80. The Balaban J connectivity index is 1.36. The van der Waals surface area contributed by atoms with E-state index < -0.39 is 0 Å². The zero-order valence-corrected chi connectivity index (χ0v) is 16.6. The minimum Gasteiger partial charge on any atom is -0.351 e. The number of thiazole rings is 1. The molecule has 28 heavy (non-hydrogen) atoms. The van der Waals surface area contributed by atoms with Crippen LogP contribution in [0.3, 0.4) is 0 Å². The first-order valence-corrected chi connectivity index (χ1v) is 10.7. The Morgan fingerprint density at radius 2 is 2.00 bits per heavy atom. The summed E-state index contributed by atoms with van der Waals surface area (Å²) in [5, 5.41) is 4.10. The first-order chi connectivity index (χ1) is 13.7. The molecule has 0 spiro atoms. The number of nitrogens with one attached hydrogen (secondary N) is 2. The number of nitrogens with zero attached hydrogens (tertiary/aromatic N) is 1. The summed E-state index contributed by atoms with van der Waals surface area (Å²) < 4.78 is 14.9. The average Bonchev–Trinajstić information content (AvgIpc) is 3.14. The zero-order chi connectivity index (χ0) is 19.3. The number of para-hydroxylation sites is 1. The van der Waals surface area contributed by atoms with Crippen molar-refractivity contribution < 1.29 is 14.1 Å². The van der Waals surface area contributed by atoms with Crippen LogP contribution < -0.4 is 10.2 Å². The number of piperidine rings is 1.